The first-order chi connectivity index (χ1) is 19.1. The van der Waals surface area contributed by atoms with Gasteiger partial charge < -0.3 is 19.5 Å². The van der Waals surface area contributed by atoms with Crippen molar-refractivity contribution in [3.8, 4) is 0 Å². The van der Waals surface area contributed by atoms with Crippen molar-refractivity contribution in [2.24, 2.45) is 0 Å². The van der Waals surface area contributed by atoms with Gasteiger partial charge in [0.15, 0.2) is 5.65 Å². The third-order valence-electron chi connectivity index (χ3n) is 5.76. The molecule has 2 heterocycles. The lowest BCUT2D eigenvalue weighted by molar-refractivity contribution is -0.0866. The number of halogens is 2. The molecule has 0 aliphatic rings. The number of aromatic nitrogens is 4. The molecule has 200 valence electrons. The largest absolute Gasteiger partial charge is 0.374 e. The number of fused-ring (bicyclic) bond motifs is 1. The van der Waals surface area contributed by atoms with Crippen LogP contribution >= 0.6 is 23.2 Å². The zero-order valence-corrected chi connectivity index (χ0v) is 22.6. The molecule has 1 N–H and O–H groups in total. The van der Waals surface area contributed by atoms with E-state index in [2.05, 4.69) is 20.3 Å². The molecule has 0 amide bonds. The van der Waals surface area contributed by atoms with Gasteiger partial charge in [0.1, 0.15) is 18.4 Å². The van der Waals surface area contributed by atoms with Crippen molar-refractivity contribution in [3.63, 3.8) is 0 Å². The van der Waals surface area contributed by atoms with Crippen LogP contribution in [0.3, 0.4) is 0 Å². The van der Waals surface area contributed by atoms with Crippen molar-refractivity contribution in [2.45, 2.75) is 26.0 Å². The van der Waals surface area contributed by atoms with Crippen molar-refractivity contribution < 1.29 is 14.2 Å². The monoisotopic (exact) mass is 563 g/mol. The molecule has 0 saturated carbocycles. The van der Waals surface area contributed by atoms with Crippen molar-refractivity contribution in [1.29, 1.82) is 0 Å². The summed E-state index contributed by atoms with van der Waals surface area (Å²) < 4.78 is 20.0. The second-order valence-electron chi connectivity index (χ2n) is 8.82. The van der Waals surface area contributed by atoms with Gasteiger partial charge in [-0.1, -0.05) is 83.9 Å². The highest BCUT2D eigenvalue weighted by Crippen LogP contribution is 2.24. The summed E-state index contributed by atoms with van der Waals surface area (Å²) in [4.78, 5) is 13.4. The van der Waals surface area contributed by atoms with Crippen molar-refractivity contribution in [3.05, 3.63) is 113 Å². The SMILES string of the molecule is Clc1cc(Cl)cc(Nc2ncc3ncn(COC(COCc4ccccc4)COCc4ccccc4)c3n2)c1. The van der Waals surface area contributed by atoms with Crippen LogP contribution in [-0.4, -0.2) is 38.8 Å². The topological polar surface area (TPSA) is 83.3 Å². The van der Waals surface area contributed by atoms with Crippen LogP contribution in [0, 0.1) is 0 Å². The number of rotatable bonds is 13. The first-order valence-corrected chi connectivity index (χ1v) is 13.1. The van der Waals surface area contributed by atoms with Gasteiger partial charge in [-0.2, -0.15) is 4.98 Å². The zero-order valence-electron chi connectivity index (χ0n) is 21.0. The van der Waals surface area contributed by atoms with E-state index in [1.165, 1.54) is 0 Å². The molecule has 0 radical (unpaired) electrons. The summed E-state index contributed by atoms with van der Waals surface area (Å²) in [5, 5.41) is 4.16. The molecular formula is C29H27Cl2N5O3. The molecule has 5 rings (SSSR count). The molecule has 0 aliphatic carbocycles. The summed E-state index contributed by atoms with van der Waals surface area (Å²) in [6.45, 7) is 1.93. The summed E-state index contributed by atoms with van der Waals surface area (Å²) in [7, 11) is 0. The average Bonchev–Trinajstić information content (AvgIpc) is 3.34. The van der Waals surface area contributed by atoms with E-state index in [0.29, 0.717) is 59.3 Å². The lowest BCUT2D eigenvalue weighted by atomic mass is 10.2. The van der Waals surface area contributed by atoms with E-state index in [4.69, 9.17) is 37.4 Å². The highest BCUT2D eigenvalue weighted by Gasteiger charge is 2.14. The second-order valence-corrected chi connectivity index (χ2v) is 9.69. The Labute approximate surface area is 236 Å². The number of anilines is 2. The number of nitrogens with zero attached hydrogens (tertiary/aromatic N) is 4. The quantitative estimate of drug-likeness (QED) is 0.171. The van der Waals surface area contributed by atoms with Gasteiger partial charge >= 0.3 is 0 Å². The highest BCUT2D eigenvalue weighted by atomic mass is 35.5. The number of ether oxygens (including phenoxy) is 3. The van der Waals surface area contributed by atoms with Gasteiger partial charge in [0.05, 0.1) is 39.0 Å². The minimum atomic E-state index is -0.303. The lowest BCUT2D eigenvalue weighted by Gasteiger charge is -2.19. The first-order valence-electron chi connectivity index (χ1n) is 12.4. The number of hydrogen-bond acceptors (Lipinski definition) is 7. The molecule has 0 saturated heterocycles. The Morgan fingerprint density at radius 1 is 0.795 bits per heavy atom. The van der Waals surface area contributed by atoms with E-state index in [1.54, 1.807) is 30.7 Å². The molecule has 39 heavy (non-hydrogen) atoms. The van der Waals surface area contributed by atoms with Crippen LogP contribution in [0.5, 0.6) is 0 Å². The normalized spacial score (nSPS) is 11.4. The van der Waals surface area contributed by atoms with Gasteiger partial charge in [-0.25, -0.2) is 9.97 Å². The Morgan fingerprint density at radius 3 is 2.03 bits per heavy atom. The maximum absolute atomic E-state index is 6.22. The molecule has 8 nitrogen and oxygen atoms in total. The van der Waals surface area contributed by atoms with E-state index in [-0.39, 0.29) is 12.8 Å². The van der Waals surface area contributed by atoms with Crippen LogP contribution < -0.4 is 5.32 Å². The fourth-order valence-electron chi connectivity index (χ4n) is 3.86. The molecule has 0 aliphatic heterocycles. The molecule has 5 aromatic rings. The van der Waals surface area contributed by atoms with Crippen molar-refractivity contribution >= 4 is 46.0 Å². The van der Waals surface area contributed by atoms with E-state index >= 15 is 0 Å². The van der Waals surface area contributed by atoms with Gasteiger partial charge in [0, 0.05) is 15.7 Å². The fraction of sp³-hybridized carbons (Fsp3) is 0.207. The van der Waals surface area contributed by atoms with Crippen LogP contribution in [0.2, 0.25) is 10.0 Å². The predicted octanol–water partition coefficient (Wildman–Crippen LogP) is 6.65. The lowest BCUT2D eigenvalue weighted by Crippen LogP contribution is -2.27. The first kappa shape index (κ1) is 27.1. The highest BCUT2D eigenvalue weighted by molar-refractivity contribution is 6.35. The van der Waals surface area contributed by atoms with E-state index in [9.17, 15) is 0 Å². The Balaban J connectivity index is 1.23. The van der Waals surface area contributed by atoms with E-state index in [0.717, 1.165) is 11.1 Å². The summed E-state index contributed by atoms with van der Waals surface area (Å²) in [6.07, 6.45) is 3.02. The van der Waals surface area contributed by atoms with E-state index in [1.807, 2.05) is 65.2 Å². The summed E-state index contributed by atoms with van der Waals surface area (Å²) in [5.74, 6) is 0.386. The Bertz CT molecular complexity index is 1420. The fourth-order valence-corrected chi connectivity index (χ4v) is 4.39. The van der Waals surface area contributed by atoms with Gasteiger partial charge in [-0.15, -0.1) is 0 Å². The molecule has 10 heteroatoms. The molecule has 2 aromatic heterocycles. The number of benzene rings is 3. The standard InChI is InChI=1S/C29H27Cl2N5O3/c30-23-11-24(31)13-25(12-23)34-29-32-14-27-28(35-29)36(19-33-27)20-39-26(17-37-15-21-7-3-1-4-8-21)18-38-16-22-9-5-2-6-10-22/h1-14,19,26H,15-18,20H2,(H,32,34,35). The summed E-state index contributed by atoms with van der Waals surface area (Å²) >= 11 is 12.2. The van der Waals surface area contributed by atoms with Gasteiger partial charge in [0.25, 0.3) is 0 Å². The second kappa shape index (κ2) is 13.5. The molecule has 0 atom stereocenters. The molecule has 3 aromatic carbocycles. The van der Waals surface area contributed by atoms with Crippen LogP contribution in [0.1, 0.15) is 11.1 Å². The van der Waals surface area contributed by atoms with Crippen LogP contribution in [0.4, 0.5) is 11.6 Å². The van der Waals surface area contributed by atoms with Gasteiger partial charge in [-0.3, -0.25) is 4.57 Å². The minimum Gasteiger partial charge on any atom is -0.374 e. The average molecular weight is 564 g/mol. The van der Waals surface area contributed by atoms with Crippen LogP contribution in [0.15, 0.2) is 91.4 Å². The maximum atomic E-state index is 6.22. The summed E-state index contributed by atoms with van der Waals surface area (Å²) in [5.41, 5.74) is 4.14. The van der Waals surface area contributed by atoms with Gasteiger partial charge in [0.2, 0.25) is 5.95 Å². The van der Waals surface area contributed by atoms with Gasteiger partial charge in [-0.05, 0) is 29.3 Å². The Morgan fingerprint density at radius 2 is 1.41 bits per heavy atom. The van der Waals surface area contributed by atoms with Crippen LogP contribution in [0.25, 0.3) is 11.2 Å². The smallest absolute Gasteiger partial charge is 0.229 e. The van der Waals surface area contributed by atoms with Crippen LogP contribution in [-0.2, 0) is 34.2 Å². The molecule has 0 fully saturated rings. The third kappa shape index (κ3) is 7.98. The number of imidazole rings is 1. The van der Waals surface area contributed by atoms with E-state index < -0.39 is 0 Å². The minimum absolute atomic E-state index is 0.212. The third-order valence-corrected chi connectivity index (χ3v) is 6.19. The molecular weight excluding hydrogens is 537 g/mol. The maximum Gasteiger partial charge on any atom is 0.229 e. The Hall–Kier alpha value is -3.53. The summed E-state index contributed by atoms with van der Waals surface area (Å²) in [6, 6.07) is 25.2. The molecule has 0 spiro atoms. The zero-order chi connectivity index (χ0) is 26.9. The number of hydrogen-bond donors (Lipinski definition) is 1. The molecule has 0 bridgehead atoms. The Kier molecular flexibility index (Phi) is 9.37. The number of nitrogens with one attached hydrogen (secondary N) is 1. The van der Waals surface area contributed by atoms with Crippen molar-refractivity contribution in [1.82, 2.24) is 19.5 Å². The van der Waals surface area contributed by atoms with Crippen molar-refractivity contribution in [2.75, 3.05) is 18.5 Å². The molecule has 0 unspecified atom stereocenters. The predicted molar refractivity (Wildman–Crippen MR) is 152 cm³/mol.